The number of nitrogens with one attached hydrogen (secondary N) is 1. The topological polar surface area (TPSA) is 65.8 Å². The molecule has 2 rings (SSSR count). The third kappa shape index (κ3) is 3.44. The van der Waals surface area contributed by atoms with Gasteiger partial charge in [-0.15, -0.1) is 0 Å². The zero-order valence-electron chi connectivity index (χ0n) is 9.52. The summed E-state index contributed by atoms with van der Waals surface area (Å²) in [5, 5.41) is 12.2. The summed E-state index contributed by atoms with van der Waals surface area (Å²) in [4.78, 5) is 15.8. The first-order valence-corrected chi connectivity index (χ1v) is 5.97. The van der Waals surface area contributed by atoms with Crippen LogP contribution >= 0.6 is 23.2 Å². The van der Waals surface area contributed by atoms with Gasteiger partial charge in [-0.25, -0.2) is 4.98 Å². The van der Waals surface area contributed by atoms with Crippen LogP contribution in [0.3, 0.4) is 0 Å². The Kier molecular flexibility index (Phi) is 4.00. The number of hydrogen-bond acceptors (Lipinski definition) is 3. The number of carbonyl (C=O) groups is 1. The van der Waals surface area contributed by atoms with Crippen LogP contribution in [0.25, 0.3) is 0 Å². The molecule has 19 heavy (non-hydrogen) atoms. The highest BCUT2D eigenvalue weighted by atomic mass is 35.5. The van der Waals surface area contributed by atoms with Gasteiger partial charge in [0.2, 0.25) is 0 Å². The molecule has 1 amide bonds. The monoisotopic (exact) mass is 291 g/mol. The molecule has 0 aliphatic heterocycles. The van der Waals surface area contributed by atoms with E-state index >= 15 is 0 Å². The molecule has 4 nitrogen and oxygen atoms in total. The van der Waals surface area contributed by atoms with Gasteiger partial charge in [-0.3, -0.25) is 4.79 Å². The minimum absolute atomic E-state index is 0.178. The van der Waals surface area contributed by atoms with E-state index in [1.54, 1.807) is 18.2 Å². The fourth-order valence-electron chi connectivity index (χ4n) is 1.46. The summed E-state index contributed by atoms with van der Waals surface area (Å²) < 4.78 is 0. The summed E-state index contributed by atoms with van der Waals surface area (Å²) in [6.45, 7) is 0. The molecule has 0 aliphatic carbocycles. The number of nitrogens with zero attached hydrogens (tertiary/aromatic N) is 2. The predicted octanol–water partition coefficient (Wildman–Crippen LogP) is 3.51. The van der Waals surface area contributed by atoms with E-state index in [-0.39, 0.29) is 11.6 Å². The van der Waals surface area contributed by atoms with Crippen LogP contribution in [0.4, 0.5) is 5.69 Å². The lowest BCUT2D eigenvalue weighted by Gasteiger charge is -2.06. The van der Waals surface area contributed by atoms with E-state index in [9.17, 15) is 4.79 Å². The van der Waals surface area contributed by atoms with Gasteiger partial charge in [0.05, 0.1) is 0 Å². The largest absolute Gasteiger partial charge is 0.322 e. The van der Waals surface area contributed by atoms with E-state index in [4.69, 9.17) is 28.5 Å². The second kappa shape index (κ2) is 5.70. The van der Waals surface area contributed by atoms with Gasteiger partial charge in [0, 0.05) is 27.5 Å². The molecule has 94 valence electrons. The van der Waals surface area contributed by atoms with E-state index in [2.05, 4.69) is 10.3 Å². The Bertz CT molecular complexity index is 660. The third-order valence-electron chi connectivity index (χ3n) is 2.26. The number of rotatable bonds is 2. The van der Waals surface area contributed by atoms with Crippen molar-refractivity contribution in [3.63, 3.8) is 0 Å². The van der Waals surface area contributed by atoms with Gasteiger partial charge in [0.15, 0.2) is 0 Å². The maximum Gasteiger partial charge on any atom is 0.255 e. The van der Waals surface area contributed by atoms with Crippen molar-refractivity contribution in [2.24, 2.45) is 0 Å². The Balaban J connectivity index is 2.23. The molecule has 0 atom stereocenters. The summed E-state index contributed by atoms with van der Waals surface area (Å²) in [7, 11) is 0. The van der Waals surface area contributed by atoms with E-state index in [0.717, 1.165) is 0 Å². The van der Waals surface area contributed by atoms with E-state index < -0.39 is 0 Å². The Morgan fingerprint density at radius 1 is 1.21 bits per heavy atom. The maximum absolute atomic E-state index is 12.0. The number of anilines is 1. The lowest BCUT2D eigenvalue weighted by Crippen LogP contribution is -2.12. The zero-order chi connectivity index (χ0) is 13.8. The van der Waals surface area contributed by atoms with Crippen molar-refractivity contribution in [3.05, 3.63) is 57.8 Å². The van der Waals surface area contributed by atoms with Crippen LogP contribution in [-0.4, -0.2) is 10.9 Å². The van der Waals surface area contributed by atoms with Crippen LogP contribution in [0.2, 0.25) is 10.0 Å². The molecule has 1 heterocycles. The second-order valence-electron chi connectivity index (χ2n) is 3.65. The van der Waals surface area contributed by atoms with Crippen molar-refractivity contribution in [3.8, 4) is 6.07 Å². The smallest absolute Gasteiger partial charge is 0.255 e. The SMILES string of the molecule is N#Cc1cc(C(=O)Nc2cc(Cl)cc(Cl)c2)ccn1. The Morgan fingerprint density at radius 3 is 2.53 bits per heavy atom. The molecule has 1 aromatic heterocycles. The van der Waals surface area contributed by atoms with Gasteiger partial charge >= 0.3 is 0 Å². The molecule has 6 heteroatoms. The van der Waals surface area contributed by atoms with Crippen LogP contribution in [0.15, 0.2) is 36.5 Å². The van der Waals surface area contributed by atoms with Crippen molar-refractivity contribution in [2.45, 2.75) is 0 Å². The molecule has 0 spiro atoms. The first-order chi connectivity index (χ1) is 9.08. The normalized spacial score (nSPS) is 9.74. The number of amides is 1. The number of benzene rings is 1. The molecule has 2 aromatic rings. The van der Waals surface area contributed by atoms with Crippen LogP contribution in [-0.2, 0) is 0 Å². The van der Waals surface area contributed by atoms with Gasteiger partial charge in [0.1, 0.15) is 11.8 Å². The summed E-state index contributed by atoms with van der Waals surface area (Å²) in [6.07, 6.45) is 1.40. The van der Waals surface area contributed by atoms with Crippen molar-refractivity contribution in [1.29, 1.82) is 5.26 Å². The summed E-state index contributed by atoms with van der Waals surface area (Å²) in [5.74, 6) is -0.364. The Morgan fingerprint density at radius 2 is 1.89 bits per heavy atom. The minimum Gasteiger partial charge on any atom is -0.322 e. The molecule has 0 bridgehead atoms. The molecule has 0 aliphatic rings. The number of pyridine rings is 1. The van der Waals surface area contributed by atoms with Crippen molar-refractivity contribution < 1.29 is 4.79 Å². The first kappa shape index (κ1) is 13.3. The number of aromatic nitrogens is 1. The third-order valence-corrected chi connectivity index (χ3v) is 2.69. The molecule has 1 aromatic carbocycles. The minimum atomic E-state index is -0.364. The van der Waals surface area contributed by atoms with Crippen molar-refractivity contribution in [1.82, 2.24) is 4.98 Å². The molecule has 0 saturated carbocycles. The van der Waals surface area contributed by atoms with Crippen LogP contribution in [0.5, 0.6) is 0 Å². The summed E-state index contributed by atoms with van der Waals surface area (Å²) in [5.41, 5.74) is 0.997. The fraction of sp³-hybridized carbons (Fsp3) is 0. The van der Waals surface area contributed by atoms with Crippen molar-refractivity contribution >= 4 is 34.8 Å². The highest BCUT2D eigenvalue weighted by Gasteiger charge is 2.08. The number of nitriles is 1. The van der Waals surface area contributed by atoms with E-state index in [1.807, 2.05) is 6.07 Å². The Labute approximate surface area is 119 Å². The molecule has 0 saturated heterocycles. The van der Waals surface area contributed by atoms with Crippen LogP contribution < -0.4 is 5.32 Å². The maximum atomic E-state index is 12.0. The number of hydrogen-bond donors (Lipinski definition) is 1. The van der Waals surface area contributed by atoms with Crippen LogP contribution in [0, 0.1) is 11.3 Å². The lowest BCUT2D eigenvalue weighted by atomic mass is 10.2. The highest BCUT2D eigenvalue weighted by Crippen LogP contribution is 2.22. The van der Waals surface area contributed by atoms with Crippen molar-refractivity contribution in [2.75, 3.05) is 5.32 Å². The lowest BCUT2D eigenvalue weighted by molar-refractivity contribution is 0.102. The summed E-state index contributed by atoms with van der Waals surface area (Å²) >= 11 is 11.7. The predicted molar refractivity (Wildman–Crippen MR) is 73.4 cm³/mol. The van der Waals surface area contributed by atoms with E-state index in [0.29, 0.717) is 21.3 Å². The van der Waals surface area contributed by atoms with Gasteiger partial charge in [-0.2, -0.15) is 5.26 Å². The molecular weight excluding hydrogens is 285 g/mol. The number of halogens is 2. The second-order valence-corrected chi connectivity index (χ2v) is 4.53. The molecule has 0 unspecified atom stereocenters. The highest BCUT2D eigenvalue weighted by molar-refractivity contribution is 6.35. The van der Waals surface area contributed by atoms with Gasteiger partial charge in [0.25, 0.3) is 5.91 Å². The quantitative estimate of drug-likeness (QED) is 0.921. The number of carbonyl (C=O) groups excluding carboxylic acids is 1. The zero-order valence-corrected chi connectivity index (χ0v) is 11.0. The molecular formula is C13H7Cl2N3O. The molecule has 0 radical (unpaired) electrons. The van der Waals surface area contributed by atoms with Gasteiger partial charge < -0.3 is 5.32 Å². The summed E-state index contributed by atoms with van der Waals surface area (Å²) in [6, 6.07) is 9.52. The van der Waals surface area contributed by atoms with Gasteiger partial charge in [-0.1, -0.05) is 23.2 Å². The first-order valence-electron chi connectivity index (χ1n) is 5.22. The molecule has 0 fully saturated rings. The van der Waals surface area contributed by atoms with E-state index in [1.165, 1.54) is 18.3 Å². The van der Waals surface area contributed by atoms with Gasteiger partial charge in [-0.05, 0) is 30.3 Å². The Hall–Kier alpha value is -2.09. The van der Waals surface area contributed by atoms with Crippen LogP contribution in [0.1, 0.15) is 16.1 Å². The fourth-order valence-corrected chi connectivity index (χ4v) is 1.99. The average molecular weight is 292 g/mol. The molecule has 1 N–H and O–H groups in total. The standard InChI is InChI=1S/C13H7Cl2N3O/c14-9-4-10(15)6-11(5-9)18-13(19)8-1-2-17-12(3-8)7-16/h1-6H,(H,18,19). The average Bonchev–Trinajstić information content (AvgIpc) is 2.37.